The summed E-state index contributed by atoms with van der Waals surface area (Å²) in [6, 6.07) is 0. The number of nitrogens with zero attached hydrogens (tertiary/aromatic N) is 4. The summed E-state index contributed by atoms with van der Waals surface area (Å²) < 4.78 is 24.4. The average Bonchev–Trinajstić information content (AvgIpc) is 3.01. The molecule has 0 spiro atoms. The van der Waals surface area contributed by atoms with Crippen LogP contribution in [0, 0.1) is 18.4 Å². The number of hydrogen-bond donors (Lipinski definition) is 3. The largest absolute Gasteiger partial charge is 0.509 e. The quantitative estimate of drug-likeness (QED) is 0.390. The third-order valence-electron chi connectivity index (χ3n) is 3.35. The Morgan fingerprint density at radius 3 is 3.04 bits per heavy atom. The molecule has 1 aliphatic heterocycles. The topological polar surface area (TPSA) is 146 Å². The van der Waals surface area contributed by atoms with Crippen LogP contribution in [0.15, 0.2) is 6.33 Å². The second-order valence-electron chi connectivity index (χ2n) is 4.71. The minimum absolute atomic E-state index is 0.00958. The monoisotopic (exact) mass is 323 g/mol. The summed E-state index contributed by atoms with van der Waals surface area (Å²) in [6.07, 6.45) is 1.13. The maximum absolute atomic E-state index is 13.3. The third kappa shape index (κ3) is 2.30. The maximum Gasteiger partial charge on any atom is 0.509 e. The molecule has 0 saturated carbocycles. The highest BCUT2D eigenvalue weighted by atomic mass is 19.1. The summed E-state index contributed by atoms with van der Waals surface area (Å²) in [4.78, 5) is 21.6. The van der Waals surface area contributed by atoms with Crippen LogP contribution in [0.4, 0.5) is 15.0 Å². The zero-order valence-corrected chi connectivity index (χ0v) is 11.4. The number of fused-ring (bicyclic) bond motifs is 1. The van der Waals surface area contributed by atoms with Gasteiger partial charge in [-0.15, -0.1) is 6.42 Å². The Kier molecular flexibility index (Phi) is 3.28. The average molecular weight is 323 g/mol. The fourth-order valence-corrected chi connectivity index (χ4v) is 2.35. The number of aliphatic hydroxyl groups is 1. The van der Waals surface area contributed by atoms with Crippen molar-refractivity contribution in [3.05, 3.63) is 12.4 Å². The predicted molar refractivity (Wildman–Crippen MR) is 71.1 cm³/mol. The van der Waals surface area contributed by atoms with Crippen molar-refractivity contribution in [2.75, 3.05) is 5.73 Å². The Morgan fingerprint density at radius 2 is 2.39 bits per heavy atom. The number of ether oxygens (including phenoxy) is 2. The normalized spacial score (nSPS) is 27.0. The lowest BCUT2D eigenvalue weighted by atomic mass is 10.1. The fourth-order valence-electron chi connectivity index (χ4n) is 2.35. The van der Waals surface area contributed by atoms with Crippen molar-refractivity contribution >= 4 is 23.1 Å². The Morgan fingerprint density at radius 1 is 1.65 bits per heavy atom. The van der Waals surface area contributed by atoms with Crippen molar-refractivity contribution in [1.82, 2.24) is 19.5 Å². The molecule has 3 rings (SSSR count). The first-order chi connectivity index (χ1) is 10.9. The van der Waals surface area contributed by atoms with Crippen LogP contribution in [-0.4, -0.2) is 47.8 Å². The molecule has 0 radical (unpaired) electrons. The number of halogens is 1. The number of aliphatic hydroxyl groups excluding tert-OH is 1. The summed E-state index contributed by atoms with van der Waals surface area (Å²) in [7, 11) is 0. The zero-order chi connectivity index (χ0) is 16.8. The SMILES string of the molecule is C#CC1(OC(=O)O)OC(n2cnc3c(N)nc(F)nc32)CC1O. The van der Waals surface area contributed by atoms with Gasteiger partial charge in [-0.1, -0.05) is 0 Å². The number of nitrogen functional groups attached to an aromatic ring is 1. The van der Waals surface area contributed by atoms with Gasteiger partial charge in [0.05, 0.1) is 6.33 Å². The molecular weight excluding hydrogens is 313 g/mol. The summed E-state index contributed by atoms with van der Waals surface area (Å²) in [6.45, 7) is 0. The third-order valence-corrected chi connectivity index (χ3v) is 3.35. The second kappa shape index (κ2) is 5.04. The van der Waals surface area contributed by atoms with Gasteiger partial charge in [-0.25, -0.2) is 9.78 Å². The molecule has 11 heteroatoms. The van der Waals surface area contributed by atoms with Gasteiger partial charge < -0.3 is 25.4 Å². The van der Waals surface area contributed by atoms with Crippen LogP contribution in [0.3, 0.4) is 0 Å². The summed E-state index contributed by atoms with van der Waals surface area (Å²) >= 11 is 0. The van der Waals surface area contributed by atoms with Crippen molar-refractivity contribution in [3.8, 4) is 12.3 Å². The van der Waals surface area contributed by atoms with Crippen molar-refractivity contribution in [3.63, 3.8) is 0 Å². The van der Waals surface area contributed by atoms with E-state index in [-0.39, 0.29) is 23.4 Å². The van der Waals surface area contributed by atoms with Gasteiger partial charge in [-0.2, -0.15) is 14.4 Å². The number of hydrogen-bond acceptors (Lipinski definition) is 8. The summed E-state index contributed by atoms with van der Waals surface area (Å²) in [5.74, 6) is -0.367. The Balaban J connectivity index is 2.01. The van der Waals surface area contributed by atoms with Gasteiger partial charge in [-0.05, 0) is 5.92 Å². The van der Waals surface area contributed by atoms with Gasteiger partial charge in [0.15, 0.2) is 17.0 Å². The fraction of sp³-hybridized carbons (Fsp3) is 0.333. The molecule has 2 aromatic heterocycles. The van der Waals surface area contributed by atoms with Crippen LogP contribution < -0.4 is 5.73 Å². The number of nitrogens with two attached hydrogens (primary N) is 1. The summed E-state index contributed by atoms with van der Waals surface area (Å²) in [5, 5.41) is 18.8. The molecule has 10 nitrogen and oxygen atoms in total. The maximum atomic E-state index is 13.3. The van der Waals surface area contributed by atoms with Crippen LogP contribution in [0.25, 0.3) is 11.2 Å². The second-order valence-corrected chi connectivity index (χ2v) is 4.71. The first-order valence-electron chi connectivity index (χ1n) is 6.27. The molecule has 0 amide bonds. The first-order valence-corrected chi connectivity index (χ1v) is 6.27. The number of carboxylic acid groups (broad SMARTS) is 1. The minimum atomic E-state index is -2.18. The van der Waals surface area contributed by atoms with E-state index in [9.17, 15) is 14.3 Å². The molecule has 0 aliphatic carbocycles. The van der Waals surface area contributed by atoms with E-state index in [1.54, 1.807) is 0 Å². The van der Waals surface area contributed by atoms with Crippen LogP contribution in [0.1, 0.15) is 12.6 Å². The molecule has 3 unspecified atom stereocenters. The van der Waals surface area contributed by atoms with Crippen molar-refractivity contribution in [1.29, 1.82) is 0 Å². The smallest absolute Gasteiger partial charge is 0.450 e. The number of imidazole rings is 1. The lowest BCUT2D eigenvalue weighted by molar-refractivity contribution is -0.203. The van der Waals surface area contributed by atoms with Gasteiger partial charge >= 0.3 is 18.0 Å². The van der Waals surface area contributed by atoms with Crippen LogP contribution in [-0.2, 0) is 9.47 Å². The molecule has 1 aliphatic rings. The molecule has 120 valence electrons. The lowest BCUT2D eigenvalue weighted by Gasteiger charge is -2.24. The number of anilines is 1. The Bertz CT molecular complexity index is 833. The highest BCUT2D eigenvalue weighted by Crippen LogP contribution is 2.38. The van der Waals surface area contributed by atoms with E-state index in [0.29, 0.717) is 0 Å². The number of aromatic nitrogens is 4. The molecule has 23 heavy (non-hydrogen) atoms. The first kappa shape index (κ1) is 14.9. The van der Waals surface area contributed by atoms with Gasteiger partial charge in [0.1, 0.15) is 12.3 Å². The standard InChI is InChI=1S/C12H10FN5O5/c1-2-12(23-11(20)21)5(19)3-6(22-12)18-4-15-7-8(14)16-10(13)17-9(7)18/h1,4-6,19H,3H2,(H,20,21)(H2,14,16,17). The molecule has 4 N–H and O–H groups in total. The predicted octanol–water partition coefficient (Wildman–Crippen LogP) is -0.148. The molecule has 1 fully saturated rings. The Labute approximate surface area is 127 Å². The number of rotatable bonds is 2. The molecule has 2 aromatic rings. The van der Waals surface area contributed by atoms with E-state index in [1.165, 1.54) is 10.9 Å². The molecule has 3 heterocycles. The molecule has 0 bridgehead atoms. The van der Waals surface area contributed by atoms with Gasteiger partial charge in [0.2, 0.25) is 0 Å². The van der Waals surface area contributed by atoms with Crippen molar-refractivity contribution in [2.24, 2.45) is 0 Å². The van der Waals surface area contributed by atoms with E-state index in [2.05, 4.69) is 19.7 Å². The van der Waals surface area contributed by atoms with E-state index in [1.807, 2.05) is 5.92 Å². The number of carbonyl (C=O) groups is 1. The van der Waals surface area contributed by atoms with Crippen LogP contribution in [0.5, 0.6) is 0 Å². The van der Waals surface area contributed by atoms with E-state index in [0.717, 1.165) is 0 Å². The van der Waals surface area contributed by atoms with Crippen LogP contribution >= 0.6 is 0 Å². The summed E-state index contributed by atoms with van der Waals surface area (Å²) in [5.41, 5.74) is 5.69. The number of terminal acetylenes is 1. The van der Waals surface area contributed by atoms with Crippen LogP contribution in [0.2, 0.25) is 0 Å². The van der Waals surface area contributed by atoms with Crippen molar-refractivity contribution < 1.29 is 28.9 Å². The Hall–Kier alpha value is -2.97. The van der Waals surface area contributed by atoms with Gasteiger partial charge in [0, 0.05) is 6.42 Å². The molecule has 1 saturated heterocycles. The lowest BCUT2D eigenvalue weighted by Crippen LogP contribution is -2.42. The highest BCUT2D eigenvalue weighted by Gasteiger charge is 2.52. The molecule has 0 aromatic carbocycles. The van der Waals surface area contributed by atoms with E-state index >= 15 is 0 Å². The highest BCUT2D eigenvalue weighted by molar-refractivity contribution is 5.81. The van der Waals surface area contributed by atoms with Crippen molar-refractivity contribution in [2.45, 2.75) is 24.5 Å². The van der Waals surface area contributed by atoms with E-state index < -0.39 is 30.4 Å². The molecular formula is C12H10FN5O5. The van der Waals surface area contributed by atoms with E-state index in [4.69, 9.17) is 22.0 Å². The molecule has 3 atom stereocenters. The van der Waals surface area contributed by atoms with Gasteiger partial charge in [0.25, 0.3) is 0 Å². The van der Waals surface area contributed by atoms with Gasteiger partial charge in [-0.3, -0.25) is 4.57 Å². The zero-order valence-electron chi connectivity index (χ0n) is 11.4. The minimum Gasteiger partial charge on any atom is -0.450 e.